The van der Waals surface area contributed by atoms with Gasteiger partial charge < -0.3 is 21.1 Å². The summed E-state index contributed by atoms with van der Waals surface area (Å²) in [6.45, 7) is 7.24. The smallest absolute Gasteiger partial charge is 0.250 e. The van der Waals surface area contributed by atoms with E-state index in [2.05, 4.69) is 22.1 Å². The molecule has 1 aliphatic rings. The van der Waals surface area contributed by atoms with Crippen LogP contribution in [-0.2, 0) is 4.79 Å². The molecule has 0 unspecified atom stereocenters. The molecule has 0 bridgehead atoms. The molecule has 1 aromatic carbocycles. The zero-order valence-electron chi connectivity index (χ0n) is 16.6. The highest BCUT2D eigenvalue weighted by molar-refractivity contribution is 6.08. The highest BCUT2D eigenvalue weighted by atomic mass is 16.3. The first-order chi connectivity index (χ1) is 13.3. The maximum absolute atomic E-state index is 12.3. The van der Waals surface area contributed by atoms with Gasteiger partial charge >= 0.3 is 0 Å². The van der Waals surface area contributed by atoms with Crippen LogP contribution in [0.4, 0.5) is 5.69 Å². The van der Waals surface area contributed by atoms with Gasteiger partial charge in [0.25, 0.3) is 5.91 Å². The fraction of sp³-hybridized carbons (Fsp3) is 0.476. The molecule has 7 heteroatoms. The molecule has 2 amide bonds. The Kier molecular flexibility index (Phi) is 5.84. The minimum atomic E-state index is -1.01. The molecule has 3 atom stereocenters. The van der Waals surface area contributed by atoms with E-state index >= 15 is 0 Å². The van der Waals surface area contributed by atoms with Gasteiger partial charge in [-0.25, -0.2) is 0 Å². The number of benzene rings is 1. The van der Waals surface area contributed by atoms with Crippen LogP contribution >= 0.6 is 0 Å². The number of aromatic nitrogens is 1. The summed E-state index contributed by atoms with van der Waals surface area (Å²) in [5.41, 5.74) is 7.44. The van der Waals surface area contributed by atoms with E-state index in [9.17, 15) is 14.7 Å². The summed E-state index contributed by atoms with van der Waals surface area (Å²) in [5, 5.41) is 13.9. The van der Waals surface area contributed by atoms with E-state index in [-0.39, 0.29) is 17.9 Å². The molecule has 1 aromatic heterocycles. The number of rotatable bonds is 5. The van der Waals surface area contributed by atoms with Crippen LogP contribution < -0.4 is 16.0 Å². The normalized spacial score (nSPS) is 21.0. The maximum Gasteiger partial charge on any atom is 0.250 e. The minimum absolute atomic E-state index is 0.0628. The highest BCUT2D eigenvalue weighted by Crippen LogP contribution is 2.31. The zero-order chi connectivity index (χ0) is 20.4. The number of anilines is 1. The third kappa shape index (κ3) is 4.09. The highest BCUT2D eigenvalue weighted by Gasteiger charge is 2.29. The molecule has 2 aromatic rings. The standard InChI is InChI=1S/C21H28N4O3/c1-12(2)19(26)21(28)24-14-9-13(3)10-25(11-14)17-7-6-16(20(22)27)18-15(17)5-4-8-23-18/h4-8,12-14,19,26H,9-11H2,1-3H3,(H2,22,27)(H,24,28)/t13-,14+,19-/m0/s1. The number of fused-ring (bicyclic) bond motifs is 1. The number of carbonyl (C=O) groups is 2. The molecule has 1 fully saturated rings. The molecule has 7 nitrogen and oxygen atoms in total. The quantitative estimate of drug-likeness (QED) is 0.727. The van der Waals surface area contributed by atoms with Crippen LogP contribution in [-0.4, -0.2) is 47.1 Å². The van der Waals surface area contributed by atoms with Crippen LogP contribution in [0.5, 0.6) is 0 Å². The number of pyridine rings is 1. The number of nitrogens with one attached hydrogen (secondary N) is 1. The molecule has 0 spiro atoms. The Morgan fingerprint density at radius 2 is 2.04 bits per heavy atom. The van der Waals surface area contributed by atoms with Gasteiger partial charge in [0.15, 0.2) is 0 Å². The Labute approximate surface area is 164 Å². The van der Waals surface area contributed by atoms with Gasteiger partial charge in [-0.2, -0.15) is 0 Å². The number of nitrogens with two attached hydrogens (primary N) is 1. The number of aliphatic hydroxyl groups is 1. The van der Waals surface area contributed by atoms with E-state index in [4.69, 9.17) is 5.73 Å². The van der Waals surface area contributed by atoms with Gasteiger partial charge in [-0.3, -0.25) is 14.6 Å². The summed E-state index contributed by atoms with van der Waals surface area (Å²) in [7, 11) is 0. The Morgan fingerprint density at radius 3 is 2.71 bits per heavy atom. The fourth-order valence-corrected chi connectivity index (χ4v) is 3.87. The number of primary amides is 1. The monoisotopic (exact) mass is 384 g/mol. The van der Waals surface area contributed by atoms with Gasteiger partial charge in [-0.15, -0.1) is 0 Å². The number of carbonyl (C=O) groups excluding carboxylic acids is 2. The summed E-state index contributed by atoms with van der Waals surface area (Å²) >= 11 is 0. The molecule has 1 saturated heterocycles. The molecule has 28 heavy (non-hydrogen) atoms. The SMILES string of the molecule is CC(C)[C@H](O)C(=O)N[C@@H]1C[C@H](C)CN(c2ccc(C(N)=O)c3ncccc23)C1. The van der Waals surface area contributed by atoms with Crippen molar-refractivity contribution in [1.82, 2.24) is 10.3 Å². The van der Waals surface area contributed by atoms with Gasteiger partial charge in [0.05, 0.1) is 11.1 Å². The predicted molar refractivity (Wildman–Crippen MR) is 109 cm³/mol. The van der Waals surface area contributed by atoms with E-state index in [0.29, 0.717) is 23.5 Å². The predicted octanol–water partition coefficient (Wildman–Crippen LogP) is 1.68. The molecule has 150 valence electrons. The molecule has 3 rings (SSSR count). The minimum Gasteiger partial charge on any atom is -0.383 e. The van der Waals surface area contributed by atoms with Gasteiger partial charge in [0.2, 0.25) is 5.91 Å². The Balaban J connectivity index is 1.88. The van der Waals surface area contributed by atoms with Gasteiger partial charge in [0, 0.05) is 36.4 Å². The number of amides is 2. The second-order valence-corrected chi connectivity index (χ2v) is 8.04. The largest absolute Gasteiger partial charge is 0.383 e. The second-order valence-electron chi connectivity index (χ2n) is 8.04. The van der Waals surface area contributed by atoms with Gasteiger partial charge in [-0.05, 0) is 42.5 Å². The summed E-state index contributed by atoms with van der Waals surface area (Å²) in [5.74, 6) is -0.606. The number of hydrogen-bond donors (Lipinski definition) is 3. The summed E-state index contributed by atoms with van der Waals surface area (Å²) in [6, 6.07) is 7.31. The lowest BCUT2D eigenvalue weighted by Crippen LogP contribution is -2.53. The lowest BCUT2D eigenvalue weighted by atomic mass is 9.94. The number of nitrogens with zero attached hydrogens (tertiary/aromatic N) is 2. The van der Waals surface area contributed by atoms with Crippen molar-refractivity contribution in [1.29, 1.82) is 0 Å². The summed E-state index contributed by atoms with van der Waals surface area (Å²) in [4.78, 5) is 30.6. The molecule has 0 saturated carbocycles. The van der Waals surface area contributed by atoms with Crippen molar-refractivity contribution in [2.75, 3.05) is 18.0 Å². The van der Waals surface area contributed by atoms with Crippen LogP contribution in [0.2, 0.25) is 0 Å². The van der Waals surface area contributed by atoms with Crippen LogP contribution in [0.15, 0.2) is 30.5 Å². The Hall–Kier alpha value is -2.67. The Morgan fingerprint density at radius 1 is 1.29 bits per heavy atom. The van der Waals surface area contributed by atoms with Crippen molar-refractivity contribution < 1.29 is 14.7 Å². The lowest BCUT2D eigenvalue weighted by Gasteiger charge is -2.39. The van der Waals surface area contributed by atoms with Crippen molar-refractivity contribution in [3.8, 4) is 0 Å². The average molecular weight is 384 g/mol. The zero-order valence-corrected chi connectivity index (χ0v) is 16.6. The second kappa shape index (κ2) is 8.14. The van der Waals surface area contributed by atoms with Crippen molar-refractivity contribution >= 4 is 28.4 Å². The van der Waals surface area contributed by atoms with Gasteiger partial charge in [0.1, 0.15) is 6.10 Å². The fourth-order valence-electron chi connectivity index (χ4n) is 3.87. The summed E-state index contributed by atoms with van der Waals surface area (Å²) < 4.78 is 0. The van der Waals surface area contributed by atoms with Crippen LogP contribution in [0.1, 0.15) is 37.6 Å². The number of piperidine rings is 1. The molecule has 0 radical (unpaired) electrons. The topological polar surface area (TPSA) is 109 Å². The van der Waals surface area contributed by atoms with E-state index in [0.717, 1.165) is 24.0 Å². The third-order valence-electron chi connectivity index (χ3n) is 5.26. The van der Waals surface area contributed by atoms with Crippen molar-refractivity contribution in [2.45, 2.75) is 39.3 Å². The Bertz CT molecular complexity index is 883. The van der Waals surface area contributed by atoms with Crippen LogP contribution in [0.25, 0.3) is 10.9 Å². The summed E-state index contributed by atoms with van der Waals surface area (Å²) in [6.07, 6.45) is 1.49. The first kappa shape index (κ1) is 20.1. The van der Waals surface area contributed by atoms with E-state index < -0.39 is 12.0 Å². The van der Waals surface area contributed by atoms with Crippen molar-refractivity contribution in [2.24, 2.45) is 17.6 Å². The third-order valence-corrected chi connectivity index (χ3v) is 5.26. The average Bonchev–Trinajstić information content (AvgIpc) is 2.65. The first-order valence-electron chi connectivity index (χ1n) is 9.68. The van der Waals surface area contributed by atoms with Crippen LogP contribution in [0.3, 0.4) is 0 Å². The van der Waals surface area contributed by atoms with E-state index in [1.807, 2.05) is 32.0 Å². The molecule has 4 N–H and O–H groups in total. The van der Waals surface area contributed by atoms with E-state index in [1.165, 1.54) is 0 Å². The molecule has 2 heterocycles. The van der Waals surface area contributed by atoms with Crippen LogP contribution in [0, 0.1) is 11.8 Å². The van der Waals surface area contributed by atoms with E-state index in [1.54, 1.807) is 12.3 Å². The van der Waals surface area contributed by atoms with Crippen molar-refractivity contribution in [3.63, 3.8) is 0 Å². The lowest BCUT2D eigenvalue weighted by molar-refractivity contribution is -0.132. The first-order valence-corrected chi connectivity index (χ1v) is 9.68. The number of aliphatic hydroxyl groups excluding tert-OH is 1. The number of hydrogen-bond acceptors (Lipinski definition) is 5. The molecule has 1 aliphatic heterocycles. The van der Waals surface area contributed by atoms with Crippen molar-refractivity contribution in [3.05, 3.63) is 36.0 Å². The molecular formula is C21H28N4O3. The molecular weight excluding hydrogens is 356 g/mol. The molecule has 0 aliphatic carbocycles. The maximum atomic E-state index is 12.3. The van der Waals surface area contributed by atoms with Gasteiger partial charge in [-0.1, -0.05) is 20.8 Å².